The topological polar surface area (TPSA) is 25.8 Å². The van der Waals surface area contributed by atoms with Crippen LogP contribution in [0.5, 0.6) is 0 Å². The van der Waals surface area contributed by atoms with Crippen LogP contribution in [0.2, 0.25) is 10.3 Å². The molecule has 2 rings (SSSR count). The van der Waals surface area contributed by atoms with Gasteiger partial charge in [0, 0.05) is 16.5 Å². The van der Waals surface area contributed by atoms with Crippen LogP contribution in [0.3, 0.4) is 0 Å². The van der Waals surface area contributed by atoms with Crippen molar-refractivity contribution in [2.24, 2.45) is 0 Å². The molecule has 0 spiro atoms. The fourth-order valence-electron chi connectivity index (χ4n) is 1.84. The summed E-state index contributed by atoms with van der Waals surface area (Å²) in [5, 5.41) is 0.929. The van der Waals surface area contributed by atoms with E-state index in [1.807, 2.05) is 24.3 Å². The highest BCUT2D eigenvalue weighted by Gasteiger charge is 2.11. The molecular weight excluding hydrogens is 347 g/mol. The molecule has 0 unspecified atom stereocenters. The lowest BCUT2D eigenvalue weighted by atomic mass is 10.1. The first-order valence-electron chi connectivity index (χ1n) is 6.05. The van der Waals surface area contributed by atoms with Gasteiger partial charge in [0.25, 0.3) is 0 Å². The number of rotatable bonds is 4. The molecule has 0 aliphatic heterocycles. The molecule has 5 heteroatoms. The van der Waals surface area contributed by atoms with E-state index in [1.54, 1.807) is 0 Å². The second-order valence-corrected chi connectivity index (χ2v) is 5.89. The van der Waals surface area contributed by atoms with Crippen LogP contribution < -0.4 is 0 Å². The summed E-state index contributed by atoms with van der Waals surface area (Å²) < 4.78 is 1.03. The molecule has 0 fully saturated rings. The molecule has 2 aromatic rings. The van der Waals surface area contributed by atoms with Crippen molar-refractivity contribution in [3.05, 3.63) is 56.0 Å². The Hall–Kier alpha value is -0.640. The van der Waals surface area contributed by atoms with Crippen molar-refractivity contribution in [3.8, 4) is 0 Å². The van der Waals surface area contributed by atoms with Crippen LogP contribution in [-0.2, 0) is 12.8 Å². The monoisotopic (exact) mass is 358 g/mol. The van der Waals surface area contributed by atoms with Crippen LogP contribution in [-0.4, -0.2) is 9.97 Å². The van der Waals surface area contributed by atoms with Crippen LogP contribution in [0.4, 0.5) is 0 Å². The molecule has 0 saturated heterocycles. The number of hydrogen-bond donors (Lipinski definition) is 0. The van der Waals surface area contributed by atoms with Crippen molar-refractivity contribution in [1.82, 2.24) is 9.97 Å². The summed E-state index contributed by atoms with van der Waals surface area (Å²) in [4.78, 5) is 8.66. The summed E-state index contributed by atoms with van der Waals surface area (Å²) in [7, 11) is 0. The maximum absolute atomic E-state index is 6.17. The first-order chi connectivity index (χ1) is 9.10. The van der Waals surface area contributed by atoms with E-state index in [4.69, 9.17) is 23.2 Å². The molecule has 1 aromatic heterocycles. The summed E-state index contributed by atoms with van der Waals surface area (Å²) in [6.45, 7) is 2.07. The van der Waals surface area contributed by atoms with Gasteiger partial charge >= 0.3 is 0 Å². The molecule has 0 aliphatic rings. The highest BCUT2D eigenvalue weighted by Crippen LogP contribution is 2.23. The van der Waals surface area contributed by atoms with Gasteiger partial charge in [-0.25, -0.2) is 9.97 Å². The van der Waals surface area contributed by atoms with Crippen LogP contribution >= 0.6 is 39.1 Å². The van der Waals surface area contributed by atoms with Gasteiger partial charge in [0.2, 0.25) is 0 Å². The zero-order valence-electron chi connectivity index (χ0n) is 10.5. The van der Waals surface area contributed by atoms with E-state index in [0.717, 1.165) is 28.4 Å². The maximum Gasteiger partial charge on any atom is 0.137 e. The first kappa shape index (κ1) is 14.8. The Bertz CT molecular complexity index is 564. The molecular formula is C14H13BrCl2N2. The van der Waals surface area contributed by atoms with Gasteiger partial charge in [0.05, 0.1) is 0 Å². The Morgan fingerprint density at radius 2 is 1.84 bits per heavy atom. The van der Waals surface area contributed by atoms with E-state index in [-0.39, 0.29) is 0 Å². The minimum absolute atomic E-state index is 0.465. The highest BCUT2D eigenvalue weighted by molar-refractivity contribution is 9.10. The largest absolute Gasteiger partial charge is 0.220 e. The second kappa shape index (κ2) is 6.69. The third-order valence-corrected chi connectivity index (χ3v) is 3.82. The fourth-order valence-corrected chi connectivity index (χ4v) is 2.89. The highest BCUT2D eigenvalue weighted by atomic mass is 79.9. The van der Waals surface area contributed by atoms with Gasteiger partial charge in [-0.3, -0.25) is 0 Å². The molecule has 0 saturated carbocycles. The van der Waals surface area contributed by atoms with Gasteiger partial charge in [-0.15, -0.1) is 0 Å². The van der Waals surface area contributed by atoms with Crippen LogP contribution in [0.15, 0.2) is 28.7 Å². The molecule has 19 heavy (non-hydrogen) atoms. The summed E-state index contributed by atoms with van der Waals surface area (Å²) >= 11 is 15.8. The minimum atomic E-state index is 0.465. The standard InChI is InChI=1S/C14H13BrCl2N2/c1-2-4-11-13(16)18-12(19-14(11)17)8-9-5-3-6-10(15)7-9/h3,5-7H,2,4,8H2,1H3. The molecule has 0 bridgehead atoms. The van der Waals surface area contributed by atoms with Crippen molar-refractivity contribution in [1.29, 1.82) is 0 Å². The summed E-state index contributed by atoms with van der Waals surface area (Å²) in [6, 6.07) is 8.02. The maximum atomic E-state index is 6.17. The number of nitrogens with zero attached hydrogens (tertiary/aromatic N) is 2. The zero-order valence-corrected chi connectivity index (χ0v) is 13.6. The van der Waals surface area contributed by atoms with Crippen molar-refractivity contribution < 1.29 is 0 Å². The van der Waals surface area contributed by atoms with Crippen molar-refractivity contribution in [3.63, 3.8) is 0 Å². The molecule has 0 N–H and O–H groups in total. The van der Waals surface area contributed by atoms with Crippen LogP contribution in [0.1, 0.15) is 30.3 Å². The SMILES string of the molecule is CCCc1c(Cl)nc(Cc2cccc(Br)c2)nc1Cl. The quantitative estimate of drug-likeness (QED) is 0.710. The van der Waals surface area contributed by atoms with Crippen LogP contribution in [0.25, 0.3) is 0 Å². The smallest absolute Gasteiger partial charge is 0.137 e. The molecule has 0 aliphatic carbocycles. The summed E-state index contributed by atoms with van der Waals surface area (Å²) in [5.74, 6) is 0.646. The molecule has 0 radical (unpaired) electrons. The zero-order chi connectivity index (χ0) is 13.8. The van der Waals surface area contributed by atoms with E-state index in [9.17, 15) is 0 Å². The molecule has 0 amide bonds. The van der Waals surface area contributed by atoms with Crippen LogP contribution in [0, 0.1) is 0 Å². The van der Waals surface area contributed by atoms with E-state index < -0.39 is 0 Å². The van der Waals surface area contributed by atoms with Gasteiger partial charge in [0.15, 0.2) is 0 Å². The van der Waals surface area contributed by atoms with E-state index in [0.29, 0.717) is 22.6 Å². The average Bonchev–Trinajstić information content (AvgIpc) is 2.34. The number of aromatic nitrogens is 2. The van der Waals surface area contributed by atoms with E-state index in [1.165, 1.54) is 0 Å². The lowest BCUT2D eigenvalue weighted by Gasteiger charge is -2.07. The molecule has 2 nitrogen and oxygen atoms in total. The Kier molecular flexibility index (Phi) is 5.20. The normalized spacial score (nSPS) is 10.7. The van der Waals surface area contributed by atoms with Crippen molar-refractivity contribution >= 4 is 39.1 Å². The first-order valence-corrected chi connectivity index (χ1v) is 7.60. The van der Waals surface area contributed by atoms with Gasteiger partial charge < -0.3 is 0 Å². The Labute approximate surface area is 131 Å². The third-order valence-electron chi connectivity index (χ3n) is 2.70. The number of hydrogen-bond acceptors (Lipinski definition) is 2. The number of benzene rings is 1. The Balaban J connectivity index is 2.27. The predicted octanol–water partition coefficient (Wildman–Crippen LogP) is 5.09. The van der Waals surface area contributed by atoms with E-state index in [2.05, 4.69) is 32.8 Å². The molecule has 0 atom stereocenters. The van der Waals surface area contributed by atoms with Gasteiger partial charge in [-0.2, -0.15) is 0 Å². The van der Waals surface area contributed by atoms with Gasteiger partial charge in [0.1, 0.15) is 16.1 Å². The average molecular weight is 360 g/mol. The molecule has 1 heterocycles. The number of halogens is 3. The third kappa shape index (κ3) is 3.91. The summed E-state index contributed by atoms with van der Waals surface area (Å²) in [5.41, 5.74) is 1.95. The van der Waals surface area contributed by atoms with Crippen molar-refractivity contribution in [2.45, 2.75) is 26.2 Å². The Morgan fingerprint density at radius 3 is 2.42 bits per heavy atom. The molecule has 1 aromatic carbocycles. The summed E-state index contributed by atoms with van der Waals surface area (Å²) in [6.07, 6.45) is 2.38. The van der Waals surface area contributed by atoms with E-state index >= 15 is 0 Å². The fraction of sp³-hybridized carbons (Fsp3) is 0.286. The van der Waals surface area contributed by atoms with Gasteiger partial charge in [-0.05, 0) is 24.1 Å². The van der Waals surface area contributed by atoms with Crippen molar-refractivity contribution in [2.75, 3.05) is 0 Å². The Morgan fingerprint density at radius 1 is 1.16 bits per heavy atom. The van der Waals surface area contributed by atoms with Gasteiger partial charge in [-0.1, -0.05) is 64.6 Å². The molecule has 100 valence electrons. The second-order valence-electron chi connectivity index (χ2n) is 4.26. The lowest BCUT2D eigenvalue weighted by molar-refractivity contribution is 0.877. The minimum Gasteiger partial charge on any atom is -0.220 e. The lowest BCUT2D eigenvalue weighted by Crippen LogP contribution is -2.01. The predicted molar refractivity (Wildman–Crippen MR) is 83.0 cm³/mol.